The van der Waals surface area contributed by atoms with Gasteiger partial charge in [0.1, 0.15) is 17.3 Å². The first-order valence-electron chi connectivity index (χ1n) is 8.08. The first kappa shape index (κ1) is 18.0. The third-order valence-corrected chi connectivity index (χ3v) is 4.19. The number of Topliss-reactive ketones (excluding diaryl/α,β-unsaturated/α-hetero) is 1. The molecular weight excluding hydrogens is 304 g/mol. The normalized spacial score (nSPS) is 13.4. The Kier molecular flexibility index (Phi) is 6.35. The van der Waals surface area contributed by atoms with Gasteiger partial charge in [-0.1, -0.05) is 24.3 Å². The van der Waals surface area contributed by atoms with E-state index >= 15 is 0 Å². The van der Waals surface area contributed by atoms with Gasteiger partial charge in [0.2, 0.25) is 0 Å². The lowest BCUT2D eigenvalue weighted by atomic mass is 9.80. The number of rotatable bonds is 8. The fourth-order valence-electron chi connectivity index (χ4n) is 2.94. The number of phenols is 2. The van der Waals surface area contributed by atoms with Gasteiger partial charge in [0, 0.05) is 11.8 Å². The Morgan fingerprint density at radius 3 is 1.38 bits per heavy atom. The van der Waals surface area contributed by atoms with Crippen LogP contribution in [0.15, 0.2) is 48.5 Å². The number of benzene rings is 2. The summed E-state index contributed by atoms with van der Waals surface area (Å²) < 4.78 is 0. The SMILES string of the molecule is NCCC(C(=O)C(CCN)c1ccc(O)cc1)c1ccc(O)cc1. The van der Waals surface area contributed by atoms with Crippen LogP contribution < -0.4 is 11.5 Å². The smallest absolute Gasteiger partial charge is 0.147 e. The molecule has 6 N–H and O–H groups in total. The van der Waals surface area contributed by atoms with Gasteiger partial charge in [-0.3, -0.25) is 4.79 Å². The van der Waals surface area contributed by atoms with Gasteiger partial charge in [0.25, 0.3) is 0 Å². The zero-order valence-electron chi connectivity index (χ0n) is 13.6. The van der Waals surface area contributed by atoms with Crippen molar-refractivity contribution in [1.82, 2.24) is 0 Å². The predicted molar refractivity (Wildman–Crippen MR) is 94.0 cm³/mol. The van der Waals surface area contributed by atoms with Gasteiger partial charge >= 0.3 is 0 Å². The predicted octanol–water partition coefficient (Wildman–Crippen LogP) is 2.23. The van der Waals surface area contributed by atoms with Crippen LogP contribution in [0.1, 0.15) is 35.8 Å². The summed E-state index contributed by atoms with van der Waals surface area (Å²) in [5, 5.41) is 18.9. The maximum Gasteiger partial charge on any atom is 0.147 e. The molecule has 0 fully saturated rings. The second-order valence-electron chi connectivity index (χ2n) is 5.85. The lowest BCUT2D eigenvalue weighted by molar-refractivity contribution is -0.122. The molecule has 0 aliphatic carbocycles. The van der Waals surface area contributed by atoms with Gasteiger partial charge in [0.05, 0.1) is 0 Å². The summed E-state index contributed by atoms with van der Waals surface area (Å²) in [4.78, 5) is 13.2. The van der Waals surface area contributed by atoms with Crippen LogP contribution in [0, 0.1) is 0 Å². The molecule has 0 aliphatic rings. The summed E-state index contributed by atoms with van der Waals surface area (Å²) in [6, 6.07) is 13.3. The molecule has 0 aliphatic heterocycles. The van der Waals surface area contributed by atoms with E-state index in [0.717, 1.165) is 11.1 Å². The summed E-state index contributed by atoms with van der Waals surface area (Å²) in [5.74, 6) is -0.311. The van der Waals surface area contributed by atoms with Crippen LogP contribution in [0.4, 0.5) is 0 Å². The van der Waals surface area contributed by atoms with Gasteiger partial charge in [0.15, 0.2) is 0 Å². The van der Waals surface area contributed by atoms with Crippen molar-refractivity contribution in [2.75, 3.05) is 13.1 Å². The van der Waals surface area contributed by atoms with Gasteiger partial charge in [-0.05, 0) is 61.3 Å². The Balaban J connectivity index is 2.33. The fraction of sp³-hybridized carbons (Fsp3) is 0.316. The van der Waals surface area contributed by atoms with Gasteiger partial charge in [-0.2, -0.15) is 0 Å². The Bertz CT molecular complexity index is 596. The summed E-state index contributed by atoms with van der Waals surface area (Å²) in [5.41, 5.74) is 13.1. The zero-order chi connectivity index (χ0) is 17.5. The molecule has 2 aromatic carbocycles. The van der Waals surface area contributed by atoms with Gasteiger partial charge < -0.3 is 21.7 Å². The molecule has 2 rings (SSSR count). The minimum Gasteiger partial charge on any atom is -0.508 e. The van der Waals surface area contributed by atoms with E-state index < -0.39 is 0 Å². The number of aromatic hydroxyl groups is 2. The fourth-order valence-corrected chi connectivity index (χ4v) is 2.94. The van der Waals surface area contributed by atoms with E-state index in [2.05, 4.69) is 0 Å². The van der Waals surface area contributed by atoms with Crippen LogP contribution in [-0.2, 0) is 4.79 Å². The van der Waals surface area contributed by atoms with E-state index in [0.29, 0.717) is 25.9 Å². The summed E-state index contributed by atoms with van der Waals surface area (Å²) in [6.07, 6.45) is 1.06. The Hall–Kier alpha value is -2.37. The molecule has 0 radical (unpaired) electrons. The molecule has 128 valence electrons. The molecule has 0 heterocycles. The van der Waals surface area contributed by atoms with Crippen molar-refractivity contribution in [3.05, 3.63) is 59.7 Å². The first-order chi connectivity index (χ1) is 11.6. The number of nitrogens with two attached hydrogens (primary N) is 2. The van der Waals surface area contributed by atoms with Crippen molar-refractivity contribution < 1.29 is 15.0 Å². The van der Waals surface area contributed by atoms with Crippen molar-refractivity contribution in [2.24, 2.45) is 11.5 Å². The van der Waals surface area contributed by atoms with Crippen molar-refractivity contribution in [3.63, 3.8) is 0 Å². The second kappa shape index (κ2) is 8.47. The molecule has 0 amide bonds. The third kappa shape index (κ3) is 4.34. The Morgan fingerprint density at radius 1 is 0.750 bits per heavy atom. The quantitative estimate of drug-likeness (QED) is 0.594. The molecule has 0 saturated carbocycles. The van der Waals surface area contributed by atoms with Gasteiger partial charge in [-0.25, -0.2) is 0 Å². The minimum atomic E-state index is -0.346. The maximum atomic E-state index is 13.2. The maximum absolute atomic E-state index is 13.2. The molecule has 0 aromatic heterocycles. The highest BCUT2D eigenvalue weighted by molar-refractivity contribution is 5.91. The second-order valence-corrected chi connectivity index (χ2v) is 5.85. The van der Waals surface area contributed by atoms with E-state index in [1.165, 1.54) is 0 Å². The van der Waals surface area contributed by atoms with Crippen LogP contribution in [-0.4, -0.2) is 29.1 Å². The van der Waals surface area contributed by atoms with Crippen LogP contribution in [0.5, 0.6) is 11.5 Å². The van der Waals surface area contributed by atoms with E-state index in [4.69, 9.17) is 11.5 Å². The number of ketones is 1. The number of hydrogen-bond donors (Lipinski definition) is 4. The minimum absolute atomic E-state index is 0.0577. The monoisotopic (exact) mass is 328 g/mol. The molecule has 2 unspecified atom stereocenters. The highest BCUT2D eigenvalue weighted by Gasteiger charge is 2.28. The van der Waals surface area contributed by atoms with Crippen molar-refractivity contribution >= 4 is 5.78 Å². The highest BCUT2D eigenvalue weighted by Crippen LogP contribution is 2.32. The largest absolute Gasteiger partial charge is 0.508 e. The average Bonchev–Trinajstić information content (AvgIpc) is 2.59. The number of hydrogen-bond acceptors (Lipinski definition) is 5. The van der Waals surface area contributed by atoms with Crippen molar-refractivity contribution in [2.45, 2.75) is 24.7 Å². The Morgan fingerprint density at radius 2 is 1.08 bits per heavy atom. The molecule has 5 heteroatoms. The van der Waals surface area contributed by atoms with Crippen molar-refractivity contribution in [3.8, 4) is 11.5 Å². The highest BCUT2D eigenvalue weighted by atomic mass is 16.3. The standard InChI is InChI=1S/C19H24N2O3/c20-11-9-17(13-1-5-15(22)6-2-13)19(24)18(10-12-21)14-3-7-16(23)8-4-14/h1-8,17-18,22-23H,9-12,20-21H2. The van der Waals surface area contributed by atoms with E-state index in [-0.39, 0.29) is 29.1 Å². The first-order valence-corrected chi connectivity index (χ1v) is 8.08. The van der Waals surface area contributed by atoms with Crippen LogP contribution in [0.3, 0.4) is 0 Å². The number of carbonyl (C=O) groups excluding carboxylic acids is 1. The summed E-state index contributed by atoms with van der Waals surface area (Å²) in [7, 11) is 0. The summed E-state index contributed by atoms with van der Waals surface area (Å²) in [6.45, 7) is 0.782. The lowest BCUT2D eigenvalue weighted by Gasteiger charge is -2.23. The average molecular weight is 328 g/mol. The Labute approximate surface area is 141 Å². The van der Waals surface area contributed by atoms with E-state index in [9.17, 15) is 15.0 Å². The molecule has 0 saturated heterocycles. The number of phenolic OH excluding ortho intramolecular Hbond substituents is 2. The van der Waals surface area contributed by atoms with Crippen LogP contribution in [0.2, 0.25) is 0 Å². The molecular formula is C19H24N2O3. The molecule has 0 spiro atoms. The lowest BCUT2D eigenvalue weighted by Crippen LogP contribution is -2.25. The number of carbonyl (C=O) groups is 1. The molecule has 2 atom stereocenters. The summed E-state index contributed by atoms with van der Waals surface area (Å²) >= 11 is 0. The van der Waals surface area contributed by atoms with Gasteiger partial charge in [-0.15, -0.1) is 0 Å². The van der Waals surface area contributed by atoms with Crippen LogP contribution in [0.25, 0.3) is 0 Å². The van der Waals surface area contributed by atoms with E-state index in [1.54, 1.807) is 48.5 Å². The van der Waals surface area contributed by atoms with Crippen LogP contribution >= 0.6 is 0 Å². The van der Waals surface area contributed by atoms with E-state index in [1.807, 2.05) is 0 Å². The molecule has 2 aromatic rings. The molecule has 5 nitrogen and oxygen atoms in total. The van der Waals surface area contributed by atoms with Crippen molar-refractivity contribution in [1.29, 1.82) is 0 Å². The third-order valence-electron chi connectivity index (χ3n) is 4.19. The topological polar surface area (TPSA) is 110 Å². The zero-order valence-corrected chi connectivity index (χ0v) is 13.6. The molecule has 0 bridgehead atoms. The molecule has 24 heavy (non-hydrogen) atoms.